The first-order valence-electron chi connectivity index (χ1n) is 9.58. The van der Waals surface area contributed by atoms with Crippen molar-refractivity contribution in [2.45, 2.75) is 39.4 Å². The van der Waals surface area contributed by atoms with E-state index in [0.29, 0.717) is 10.6 Å². The zero-order valence-corrected chi connectivity index (χ0v) is 17.9. The molecule has 0 radical (unpaired) electrons. The minimum atomic E-state index is -1.13. The average molecular weight is 424 g/mol. The Morgan fingerprint density at radius 3 is 2.50 bits per heavy atom. The number of aliphatic carboxylic acids is 1. The number of carbonyl (C=O) groups is 1. The molecule has 2 aromatic carbocycles. The molecule has 0 aliphatic carbocycles. The Bertz CT molecular complexity index is 1260. The Morgan fingerprint density at radius 1 is 1.17 bits per heavy atom. The number of carboxylic acids is 1. The van der Waals surface area contributed by atoms with Crippen LogP contribution in [0, 0.1) is 6.92 Å². The number of nitrogens with zero attached hydrogens (tertiary/aromatic N) is 3. The third-order valence-corrected chi connectivity index (χ3v) is 5.17. The Balaban J connectivity index is 2.11. The van der Waals surface area contributed by atoms with E-state index in [4.69, 9.17) is 16.3 Å². The van der Waals surface area contributed by atoms with Gasteiger partial charge in [-0.3, -0.25) is 4.40 Å². The maximum atomic E-state index is 12.3. The summed E-state index contributed by atoms with van der Waals surface area (Å²) in [5, 5.41) is 19.7. The van der Waals surface area contributed by atoms with Crippen molar-refractivity contribution in [1.82, 2.24) is 14.6 Å². The molecule has 0 bridgehead atoms. The lowest BCUT2D eigenvalue weighted by Crippen LogP contribution is -2.28. The fraction of sp³-hybridized carbons (Fsp3) is 0.261. The van der Waals surface area contributed by atoms with Gasteiger partial charge >= 0.3 is 5.97 Å². The van der Waals surface area contributed by atoms with Gasteiger partial charge in [-0.1, -0.05) is 23.7 Å². The van der Waals surface area contributed by atoms with Crippen molar-refractivity contribution in [3.8, 4) is 11.1 Å². The number of aryl methyl sites for hydroxylation is 1. The van der Waals surface area contributed by atoms with Gasteiger partial charge in [-0.2, -0.15) is 0 Å². The predicted molar refractivity (Wildman–Crippen MR) is 117 cm³/mol. The molecule has 0 fully saturated rings. The van der Waals surface area contributed by atoms with Gasteiger partial charge < -0.3 is 9.84 Å². The van der Waals surface area contributed by atoms with E-state index in [1.807, 2.05) is 62.4 Å². The van der Waals surface area contributed by atoms with Crippen LogP contribution >= 0.6 is 11.6 Å². The van der Waals surface area contributed by atoms with Gasteiger partial charge in [0.2, 0.25) is 0 Å². The van der Waals surface area contributed by atoms with Crippen molar-refractivity contribution in [3.63, 3.8) is 0 Å². The number of hydrogen-bond donors (Lipinski definition) is 1. The molecule has 0 spiro atoms. The Kier molecular flexibility index (Phi) is 5.00. The number of ether oxygens (including phenoxy) is 1. The molecule has 0 saturated carbocycles. The van der Waals surface area contributed by atoms with Crippen LogP contribution in [0.3, 0.4) is 0 Å². The fourth-order valence-corrected chi connectivity index (χ4v) is 3.88. The molecule has 1 atom stereocenters. The highest BCUT2D eigenvalue weighted by Crippen LogP contribution is 2.40. The molecular weight excluding hydrogens is 402 g/mol. The van der Waals surface area contributed by atoms with Gasteiger partial charge in [0.1, 0.15) is 6.33 Å². The zero-order chi connectivity index (χ0) is 21.6. The molecule has 30 heavy (non-hydrogen) atoms. The summed E-state index contributed by atoms with van der Waals surface area (Å²) in [5.41, 5.74) is 4.07. The maximum absolute atomic E-state index is 12.3. The summed E-state index contributed by atoms with van der Waals surface area (Å²) in [6.45, 7) is 7.45. The van der Waals surface area contributed by atoms with Crippen LogP contribution in [0.5, 0.6) is 0 Å². The molecule has 154 valence electrons. The molecule has 0 aliphatic rings. The summed E-state index contributed by atoms with van der Waals surface area (Å²) in [5.74, 6) is -1.03. The van der Waals surface area contributed by atoms with Gasteiger partial charge in [0, 0.05) is 16.0 Å². The van der Waals surface area contributed by atoms with Gasteiger partial charge in [-0.15, -0.1) is 10.2 Å². The number of halogens is 1. The number of hydrogen-bond acceptors (Lipinski definition) is 4. The predicted octanol–water partition coefficient (Wildman–Crippen LogP) is 5.45. The minimum Gasteiger partial charge on any atom is -0.479 e. The molecule has 0 aliphatic heterocycles. The lowest BCUT2D eigenvalue weighted by atomic mass is 9.88. The van der Waals surface area contributed by atoms with Gasteiger partial charge in [0.05, 0.1) is 11.1 Å². The van der Waals surface area contributed by atoms with E-state index in [-0.39, 0.29) is 0 Å². The van der Waals surface area contributed by atoms with Crippen molar-refractivity contribution in [2.75, 3.05) is 0 Å². The van der Waals surface area contributed by atoms with Crippen LogP contribution in [0.1, 0.15) is 38.0 Å². The second-order valence-corrected chi connectivity index (χ2v) is 8.70. The first-order valence-corrected chi connectivity index (χ1v) is 9.96. The van der Waals surface area contributed by atoms with Crippen LogP contribution in [-0.4, -0.2) is 31.3 Å². The minimum absolute atomic E-state index is 0.610. The van der Waals surface area contributed by atoms with Crippen molar-refractivity contribution in [1.29, 1.82) is 0 Å². The molecule has 6 nitrogen and oxygen atoms in total. The third-order valence-electron chi connectivity index (χ3n) is 4.92. The van der Waals surface area contributed by atoms with Crippen LogP contribution in [0.2, 0.25) is 5.02 Å². The van der Waals surface area contributed by atoms with E-state index < -0.39 is 17.7 Å². The molecule has 1 N–H and O–H groups in total. The highest BCUT2D eigenvalue weighted by Gasteiger charge is 2.31. The Morgan fingerprint density at radius 2 is 1.87 bits per heavy atom. The summed E-state index contributed by atoms with van der Waals surface area (Å²) in [4.78, 5) is 12.3. The second-order valence-electron chi connectivity index (χ2n) is 8.26. The van der Waals surface area contributed by atoms with E-state index in [1.165, 1.54) is 0 Å². The molecule has 0 saturated heterocycles. The van der Waals surface area contributed by atoms with Crippen molar-refractivity contribution < 1.29 is 14.6 Å². The van der Waals surface area contributed by atoms with E-state index in [9.17, 15) is 9.90 Å². The molecule has 2 heterocycles. The summed E-state index contributed by atoms with van der Waals surface area (Å²) in [6, 6.07) is 13.2. The number of carboxylic acid groups (broad SMARTS) is 1. The van der Waals surface area contributed by atoms with Gasteiger partial charge in [-0.25, -0.2) is 4.79 Å². The van der Waals surface area contributed by atoms with Crippen LogP contribution < -0.4 is 0 Å². The first kappa shape index (κ1) is 20.3. The van der Waals surface area contributed by atoms with Crippen LogP contribution in [0.4, 0.5) is 0 Å². The fourth-order valence-electron chi connectivity index (χ4n) is 3.75. The topological polar surface area (TPSA) is 76.7 Å². The smallest absolute Gasteiger partial charge is 0.337 e. The molecule has 0 amide bonds. The number of fused-ring (bicyclic) bond motifs is 3. The van der Waals surface area contributed by atoms with E-state index in [0.717, 1.165) is 33.2 Å². The van der Waals surface area contributed by atoms with E-state index in [1.54, 1.807) is 18.5 Å². The Labute approximate surface area is 179 Å². The summed E-state index contributed by atoms with van der Waals surface area (Å²) < 4.78 is 7.91. The quantitative estimate of drug-likeness (QED) is 0.472. The normalized spacial score (nSPS) is 13.1. The largest absolute Gasteiger partial charge is 0.479 e. The number of pyridine rings is 1. The van der Waals surface area contributed by atoms with Gasteiger partial charge in [-0.05, 0) is 74.7 Å². The lowest BCUT2D eigenvalue weighted by molar-refractivity contribution is -0.160. The van der Waals surface area contributed by atoms with E-state index in [2.05, 4.69) is 10.2 Å². The summed E-state index contributed by atoms with van der Waals surface area (Å²) in [6.07, 6.45) is 0.527. The van der Waals surface area contributed by atoms with Crippen molar-refractivity contribution in [2.24, 2.45) is 0 Å². The number of aromatic nitrogens is 3. The SMILES string of the molecule is Cc1cc2c(ccc3nncn32)c(-c2ccc(Cl)cc2)c1[C@H](OC(C)(C)C)C(=O)O. The average Bonchev–Trinajstić information content (AvgIpc) is 3.14. The molecule has 4 rings (SSSR count). The first-order chi connectivity index (χ1) is 14.2. The monoisotopic (exact) mass is 423 g/mol. The van der Waals surface area contributed by atoms with Crippen LogP contribution in [0.15, 0.2) is 48.8 Å². The van der Waals surface area contributed by atoms with Crippen LogP contribution in [-0.2, 0) is 9.53 Å². The molecule has 0 unspecified atom stereocenters. The van der Waals surface area contributed by atoms with Gasteiger partial charge in [0.25, 0.3) is 0 Å². The maximum Gasteiger partial charge on any atom is 0.337 e. The highest BCUT2D eigenvalue weighted by atomic mass is 35.5. The van der Waals surface area contributed by atoms with Crippen molar-refractivity contribution >= 4 is 34.1 Å². The number of benzene rings is 2. The molecular formula is C23H22ClN3O3. The second kappa shape index (κ2) is 7.38. The molecule has 2 aromatic heterocycles. The third kappa shape index (κ3) is 3.64. The lowest BCUT2D eigenvalue weighted by Gasteiger charge is -2.28. The molecule has 7 heteroatoms. The number of rotatable bonds is 4. The van der Waals surface area contributed by atoms with Gasteiger partial charge in [0.15, 0.2) is 11.8 Å². The standard InChI is InChI=1S/C23H22ClN3O3/c1-13-11-17-16(9-10-18-26-25-12-27(17)18)20(14-5-7-15(24)8-6-14)19(13)21(22(28)29)30-23(2,3)4/h5-12,21H,1-4H3,(H,28,29)/t21-/m0/s1. The summed E-state index contributed by atoms with van der Waals surface area (Å²) >= 11 is 6.11. The summed E-state index contributed by atoms with van der Waals surface area (Å²) in [7, 11) is 0. The highest BCUT2D eigenvalue weighted by molar-refractivity contribution is 6.30. The Hall–Kier alpha value is -2.96. The van der Waals surface area contributed by atoms with Crippen molar-refractivity contribution in [3.05, 3.63) is 64.9 Å². The molecule has 4 aromatic rings. The van der Waals surface area contributed by atoms with Crippen LogP contribution in [0.25, 0.3) is 27.7 Å². The zero-order valence-electron chi connectivity index (χ0n) is 17.2. The van der Waals surface area contributed by atoms with E-state index >= 15 is 0 Å².